The summed E-state index contributed by atoms with van der Waals surface area (Å²) in [5.74, 6) is -1.06. The van der Waals surface area contributed by atoms with Crippen LogP contribution < -0.4 is 10.2 Å². The highest BCUT2D eigenvalue weighted by molar-refractivity contribution is 6.28. The van der Waals surface area contributed by atoms with Crippen LogP contribution in [0.5, 0.6) is 0 Å². The Kier molecular flexibility index (Phi) is 7.94. The minimum absolute atomic E-state index is 0.000639. The average molecular weight is 485 g/mol. The van der Waals surface area contributed by atoms with Crippen molar-refractivity contribution in [3.63, 3.8) is 0 Å². The number of hydroxylamine groups is 2. The van der Waals surface area contributed by atoms with E-state index in [1.165, 1.54) is 0 Å². The fourth-order valence-electron chi connectivity index (χ4n) is 4.70. The minimum atomic E-state index is -0.614. The second-order valence-electron chi connectivity index (χ2n) is 8.96. The molecule has 182 valence electrons. The Morgan fingerprint density at radius 3 is 2.91 bits per heavy atom. The van der Waals surface area contributed by atoms with Crippen LogP contribution in [0.15, 0.2) is 0 Å². The lowest BCUT2D eigenvalue weighted by Gasteiger charge is -2.44. The van der Waals surface area contributed by atoms with E-state index in [4.69, 9.17) is 16.3 Å². The third-order valence-corrected chi connectivity index (χ3v) is 6.95. The molecule has 2 atom stereocenters. The third kappa shape index (κ3) is 5.89. The molecule has 10 nitrogen and oxygen atoms in total. The van der Waals surface area contributed by atoms with E-state index in [1.807, 2.05) is 4.90 Å². The number of ether oxygens (including phenoxy) is 1. The van der Waals surface area contributed by atoms with E-state index in [0.29, 0.717) is 43.7 Å². The number of rotatable bonds is 9. The van der Waals surface area contributed by atoms with Crippen molar-refractivity contribution in [2.45, 2.75) is 38.3 Å². The average Bonchev–Trinajstić information content (AvgIpc) is 2.80. The van der Waals surface area contributed by atoms with E-state index in [1.54, 1.807) is 0 Å². The summed E-state index contributed by atoms with van der Waals surface area (Å²) in [7, 11) is 0. The largest absolute Gasteiger partial charge is 0.378 e. The van der Waals surface area contributed by atoms with Gasteiger partial charge < -0.3 is 15.0 Å². The second kappa shape index (κ2) is 10.9. The topological polar surface area (TPSA) is 111 Å². The lowest BCUT2D eigenvalue weighted by atomic mass is 9.78. The summed E-state index contributed by atoms with van der Waals surface area (Å²) in [4.78, 5) is 35.9. The van der Waals surface area contributed by atoms with Crippen LogP contribution in [-0.2, 0) is 20.9 Å². The van der Waals surface area contributed by atoms with E-state index in [2.05, 4.69) is 20.2 Å². The van der Waals surface area contributed by atoms with Crippen LogP contribution in [0.25, 0.3) is 0 Å². The number of nitrogens with one attached hydrogen (secondary N) is 1. The van der Waals surface area contributed by atoms with Gasteiger partial charge in [0.25, 0.3) is 0 Å². The van der Waals surface area contributed by atoms with Gasteiger partial charge in [-0.05, 0) is 23.9 Å². The molecule has 0 spiro atoms. The molecule has 0 bridgehead atoms. The Balaban J connectivity index is 1.42. The molecule has 2 N–H and O–H groups in total. The zero-order valence-electron chi connectivity index (χ0n) is 18.5. The van der Waals surface area contributed by atoms with Crippen LogP contribution in [0, 0.1) is 17.7 Å². The van der Waals surface area contributed by atoms with Gasteiger partial charge in [-0.1, -0.05) is 19.3 Å². The predicted molar refractivity (Wildman–Crippen MR) is 117 cm³/mol. The van der Waals surface area contributed by atoms with Crippen molar-refractivity contribution in [2.24, 2.45) is 11.8 Å². The van der Waals surface area contributed by atoms with Gasteiger partial charge in [-0.3, -0.25) is 19.7 Å². The summed E-state index contributed by atoms with van der Waals surface area (Å²) in [5, 5.41) is 12.7. The quantitative estimate of drug-likeness (QED) is 0.232. The molecule has 4 rings (SSSR count). The first-order chi connectivity index (χ1) is 15.9. The van der Waals surface area contributed by atoms with Crippen LogP contribution in [0.4, 0.5) is 10.2 Å². The van der Waals surface area contributed by atoms with Crippen LogP contribution >= 0.6 is 11.6 Å². The van der Waals surface area contributed by atoms with Gasteiger partial charge in [-0.2, -0.15) is 4.98 Å². The Labute approximate surface area is 197 Å². The van der Waals surface area contributed by atoms with Crippen molar-refractivity contribution in [3.8, 4) is 0 Å². The number of nitrogens with zero attached hydrogens (tertiary/aromatic N) is 5. The normalized spacial score (nSPS) is 22.3. The fraction of sp³-hybridized carbons (Fsp3) is 0.714. The van der Waals surface area contributed by atoms with Gasteiger partial charge in [0, 0.05) is 26.2 Å². The highest BCUT2D eigenvalue weighted by atomic mass is 35.5. The number of hydrogen-bond acceptors (Lipinski definition) is 8. The van der Waals surface area contributed by atoms with Crippen LogP contribution in [0.1, 0.15) is 31.4 Å². The number of aromatic nitrogens is 2. The molecule has 3 heterocycles. The predicted octanol–water partition coefficient (Wildman–Crippen LogP) is 1.06. The maximum Gasteiger partial charge on any atom is 0.233 e. The number of carbonyl (C=O) groups is 2. The van der Waals surface area contributed by atoms with Gasteiger partial charge in [0.15, 0.2) is 11.6 Å². The first-order valence-corrected chi connectivity index (χ1v) is 11.8. The van der Waals surface area contributed by atoms with Crippen LogP contribution in [0.2, 0.25) is 5.28 Å². The number of amides is 2. The Morgan fingerprint density at radius 2 is 2.18 bits per heavy atom. The SMILES string of the molecule is O=CN(O)C[C@@H](CC1CCC1)C(=O)NCc1nc(Cl)nc(N2CCN3CCOC[C@@H]3C2)c1F. The smallest absolute Gasteiger partial charge is 0.233 e. The summed E-state index contributed by atoms with van der Waals surface area (Å²) in [5.41, 5.74) is -0.000639. The molecule has 2 aliphatic heterocycles. The number of fused-ring (bicyclic) bond motifs is 1. The molecule has 0 aromatic carbocycles. The van der Waals surface area contributed by atoms with Gasteiger partial charge in [-0.15, -0.1) is 0 Å². The Morgan fingerprint density at radius 1 is 1.36 bits per heavy atom. The molecule has 1 aliphatic carbocycles. The molecular weight excluding hydrogens is 455 g/mol. The van der Waals surface area contributed by atoms with E-state index in [9.17, 15) is 14.8 Å². The molecule has 3 aliphatic rings. The van der Waals surface area contributed by atoms with E-state index in [0.717, 1.165) is 32.4 Å². The molecule has 33 heavy (non-hydrogen) atoms. The first-order valence-electron chi connectivity index (χ1n) is 11.4. The van der Waals surface area contributed by atoms with Crippen molar-refractivity contribution in [2.75, 3.05) is 50.8 Å². The highest BCUT2D eigenvalue weighted by Crippen LogP contribution is 2.32. The summed E-state index contributed by atoms with van der Waals surface area (Å²) in [6, 6.07) is 0.162. The number of carbonyl (C=O) groups excluding carboxylic acids is 2. The monoisotopic (exact) mass is 484 g/mol. The molecule has 12 heteroatoms. The minimum Gasteiger partial charge on any atom is -0.378 e. The second-order valence-corrected chi connectivity index (χ2v) is 9.30. The standard InChI is InChI=1S/C21H30ClFN6O4/c22-21-25-17(9-24-20(31)15(10-29(32)13-30)8-14-2-1-3-14)18(23)19(26-21)28-5-4-27-6-7-33-12-16(27)11-28/h13-16,32H,1-12H2,(H,24,31)/t15-,16+/m1/s1. The van der Waals surface area contributed by atoms with Crippen LogP contribution in [-0.4, -0.2) is 89.4 Å². The summed E-state index contributed by atoms with van der Waals surface area (Å²) >= 11 is 6.10. The summed E-state index contributed by atoms with van der Waals surface area (Å²) in [6.45, 7) is 3.82. The molecule has 1 saturated carbocycles. The molecular formula is C21H30ClFN6O4. The molecule has 0 unspecified atom stereocenters. The number of morpholine rings is 1. The van der Waals surface area contributed by atoms with E-state index in [-0.39, 0.29) is 48.2 Å². The van der Waals surface area contributed by atoms with E-state index >= 15 is 4.39 Å². The van der Waals surface area contributed by atoms with Crippen molar-refractivity contribution in [1.29, 1.82) is 0 Å². The number of hydrogen-bond donors (Lipinski definition) is 2. The highest BCUT2D eigenvalue weighted by Gasteiger charge is 2.32. The molecule has 0 radical (unpaired) electrons. The molecule has 3 fully saturated rings. The van der Waals surface area contributed by atoms with Gasteiger partial charge in [0.1, 0.15) is 5.69 Å². The van der Waals surface area contributed by atoms with Crippen molar-refractivity contribution >= 4 is 29.7 Å². The van der Waals surface area contributed by atoms with Gasteiger partial charge in [0.2, 0.25) is 17.6 Å². The summed E-state index contributed by atoms with van der Waals surface area (Å²) < 4.78 is 20.9. The zero-order chi connectivity index (χ0) is 23.4. The maximum absolute atomic E-state index is 15.3. The number of halogens is 2. The molecule has 1 aromatic heterocycles. The van der Waals surface area contributed by atoms with Crippen molar-refractivity contribution < 1.29 is 23.9 Å². The van der Waals surface area contributed by atoms with Gasteiger partial charge in [0.05, 0.1) is 38.3 Å². The van der Waals surface area contributed by atoms with Crippen molar-refractivity contribution in [3.05, 3.63) is 16.8 Å². The Bertz CT molecular complexity index is 860. The van der Waals surface area contributed by atoms with E-state index < -0.39 is 11.7 Å². The lowest BCUT2D eigenvalue weighted by molar-refractivity contribution is -0.155. The van der Waals surface area contributed by atoms with Gasteiger partial charge >= 0.3 is 0 Å². The lowest BCUT2D eigenvalue weighted by Crippen LogP contribution is -2.58. The van der Waals surface area contributed by atoms with Crippen LogP contribution in [0.3, 0.4) is 0 Å². The molecule has 1 aromatic rings. The first kappa shape index (κ1) is 24.1. The Hall–Kier alpha value is -2.08. The third-order valence-electron chi connectivity index (χ3n) is 6.78. The molecule has 2 amide bonds. The maximum atomic E-state index is 15.3. The van der Waals surface area contributed by atoms with Gasteiger partial charge in [-0.25, -0.2) is 14.4 Å². The summed E-state index contributed by atoms with van der Waals surface area (Å²) in [6.07, 6.45) is 3.99. The van der Waals surface area contributed by atoms with Crippen molar-refractivity contribution in [1.82, 2.24) is 25.2 Å². The number of piperazine rings is 1. The molecule has 2 saturated heterocycles. The zero-order valence-corrected chi connectivity index (χ0v) is 19.2. The number of anilines is 1. The fourth-order valence-corrected chi connectivity index (χ4v) is 4.88.